The zero-order valence-corrected chi connectivity index (χ0v) is 16.2. The zero-order chi connectivity index (χ0) is 18.8. The molecule has 1 aliphatic heterocycles. The molecule has 1 aliphatic rings. The predicted octanol–water partition coefficient (Wildman–Crippen LogP) is 3.26. The molecular formula is C19H22N4O3S. The van der Waals surface area contributed by atoms with Gasteiger partial charge in [-0.25, -0.2) is 0 Å². The van der Waals surface area contributed by atoms with E-state index in [2.05, 4.69) is 25.8 Å². The van der Waals surface area contributed by atoms with E-state index in [1.807, 2.05) is 31.3 Å². The number of nitrogens with zero attached hydrogens (tertiary/aromatic N) is 3. The van der Waals surface area contributed by atoms with E-state index in [-0.39, 0.29) is 17.3 Å². The number of fused-ring (bicyclic) bond motifs is 1. The Morgan fingerprint density at radius 2 is 2.30 bits per heavy atom. The number of para-hydroxylation sites is 1. The van der Waals surface area contributed by atoms with Gasteiger partial charge in [-0.3, -0.25) is 9.36 Å². The lowest BCUT2D eigenvalue weighted by atomic mass is 10.1. The maximum Gasteiger partial charge on any atom is 0.318 e. The maximum absolute atomic E-state index is 11.9. The van der Waals surface area contributed by atoms with Gasteiger partial charge in [0.05, 0.1) is 19.8 Å². The van der Waals surface area contributed by atoms with E-state index in [0.717, 1.165) is 41.7 Å². The Labute approximate surface area is 161 Å². The average molecular weight is 386 g/mol. The second-order valence-corrected chi connectivity index (χ2v) is 7.89. The van der Waals surface area contributed by atoms with Crippen molar-refractivity contribution in [2.24, 2.45) is 0 Å². The first-order chi connectivity index (χ1) is 13.2. The third-order valence-corrected chi connectivity index (χ3v) is 5.83. The van der Waals surface area contributed by atoms with E-state index < -0.39 is 0 Å². The summed E-state index contributed by atoms with van der Waals surface area (Å²) in [7, 11) is 1.40. The molecule has 1 saturated heterocycles. The second kappa shape index (κ2) is 7.74. The van der Waals surface area contributed by atoms with Crippen LogP contribution in [0.2, 0.25) is 0 Å². The first-order valence-electron chi connectivity index (χ1n) is 9.03. The highest BCUT2D eigenvalue weighted by atomic mass is 32.2. The van der Waals surface area contributed by atoms with Crippen LogP contribution in [-0.4, -0.2) is 50.8 Å². The summed E-state index contributed by atoms with van der Waals surface area (Å²) in [5, 5.41) is 10.3. The molecule has 1 N–H and O–H groups in total. The Hall–Kier alpha value is -2.32. The summed E-state index contributed by atoms with van der Waals surface area (Å²) in [4.78, 5) is 15.1. The van der Waals surface area contributed by atoms with Crippen molar-refractivity contribution < 1.29 is 14.3 Å². The molecule has 2 aromatic heterocycles. The van der Waals surface area contributed by atoms with E-state index in [4.69, 9.17) is 9.47 Å². The first-order valence-corrected chi connectivity index (χ1v) is 9.91. The fourth-order valence-electron chi connectivity index (χ4n) is 3.36. The standard InChI is InChI=1S/C19H22N4O3S/c1-12(18(24)25-2)27-19-22-21-17(23(19)11-13-6-5-9-26-13)15-10-20-16-8-4-3-7-14(15)16/h3-4,7-8,10,12-13,20H,5-6,9,11H2,1-2H3. The van der Waals surface area contributed by atoms with Gasteiger partial charge in [-0.2, -0.15) is 0 Å². The van der Waals surface area contributed by atoms with E-state index in [1.54, 1.807) is 0 Å². The number of H-pyrrole nitrogens is 1. The summed E-state index contributed by atoms with van der Waals surface area (Å²) >= 11 is 1.36. The van der Waals surface area contributed by atoms with Crippen LogP contribution in [0.4, 0.5) is 0 Å². The van der Waals surface area contributed by atoms with E-state index >= 15 is 0 Å². The van der Waals surface area contributed by atoms with Gasteiger partial charge in [0, 0.05) is 29.3 Å². The molecular weight excluding hydrogens is 364 g/mol. The number of thioether (sulfide) groups is 1. The molecule has 0 saturated carbocycles. The molecule has 1 aromatic carbocycles. The van der Waals surface area contributed by atoms with E-state index in [0.29, 0.717) is 11.7 Å². The molecule has 4 rings (SSSR count). The van der Waals surface area contributed by atoms with Gasteiger partial charge in [0.25, 0.3) is 0 Å². The fraction of sp³-hybridized carbons (Fsp3) is 0.421. The molecule has 8 heteroatoms. The number of aromatic amines is 1. The Balaban J connectivity index is 1.73. The maximum atomic E-state index is 11.9. The highest BCUT2D eigenvalue weighted by molar-refractivity contribution is 8.00. The molecule has 142 valence electrons. The van der Waals surface area contributed by atoms with Gasteiger partial charge in [0.15, 0.2) is 11.0 Å². The van der Waals surface area contributed by atoms with Gasteiger partial charge < -0.3 is 14.5 Å². The van der Waals surface area contributed by atoms with Crippen molar-refractivity contribution in [2.75, 3.05) is 13.7 Å². The molecule has 0 amide bonds. The Morgan fingerprint density at radius 3 is 3.07 bits per heavy atom. The number of methoxy groups -OCH3 is 1. The minimum atomic E-state index is -0.363. The predicted molar refractivity (Wildman–Crippen MR) is 104 cm³/mol. The lowest BCUT2D eigenvalue weighted by Crippen LogP contribution is -2.19. The number of hydrogen-bond acceptors (Lipinski definition) is 6. The first kappa shape index (κ1) is 18.1. The second-order valence-electron chi connectivity index (χ2n) is 6.58. The number of nitrogens with one attached hydrogen (secondary N) is 1. The molecule has 0 spiro atoms. The minimum absolute atomic E-state index is 0.137. The molecule has 27 heavy (non-hydrogen) atoms. The van der Waals surface area contributed by atoms with Crippen molar-refractivity contribution in [3.8, 4) is 11.4 Å². The monoisotopic (exact) mass is 386 g/mol. The zero-order valence-electron chi connectivity index (χ0n) is 15.3. The van der Waals surface area contributed by atoms with Crippen LogP contribution in [0.25, 0.3) is 22.3 Å². The average Bonchev–Trinajstić information content (AvgIpc) is 3.42. The summed E-state index contributed by atoms with van der Waals surface area (Å²) in [6.45, 7) is 3.27. The Kier molecular flexibility index (Phi) is 5.18. The van der Waals surface area contributed by atoms with Crippen molar-refractivity contribution in [1.29, 1.82) is 0 Å². The highest BCUT2D eigenvalue weighted by Gasteiger charge is 2.25. The van der Waals surface area contributed by atoms with Crippen LogP contribution >= 0.6 is 11.8 Å². The van der Waals surface area contributed by atoms with Crippen LogP contribution < -0.4 is 0 Å². The molecule has 7 nitrogen and oxygen atoms in total. The van der Waals surface area contributed by atoms with E-state index in [1.165, 1.54) is 18.9 Å². The number of aromatic nitrogens is 4. The van der Waals surface area contributed by atoms with Crippen LogP contribution in [0.1, 0.15) is 19.8 Å². The van der Waals surface area contributed by atoms with Gasteiger partial charge in [-0.05, 0) is 25.8 Å². The number of carbonyl (C=O) groups is 1. The number of hydrogen-bond donors (Lipinski definition) is 1. The smallest absolute Gasteiger partial charge is 0.318 e. The molecule has 2 atom stereocenters. The summed E-state index contributed by atoms with van der Waals surface area (Å²) in [6, 6.07) is 8.11. The van der Waals surface area contributed by atoms with Crippen molar-refractivity contribution in [1.82, 2.24) is 19.7 Å². The third kappa shape index (κ3) is 3.59. The van der Waals surface area contributed by atoms with Crippen LogP contribution in [0.3, 0.4) is 0 Å². The quantitative estimate of drug-likeness (QED) is 0.517. The summed E-state index contributed by atoms with van der Waals surface area (Å²) in [5.74, 6) is 0.503. The summed E-state index contributed by atoms with van der Waals surface area (Å²) in [5.41, 5.74) is 2.05. The molecule has 0 bridgehead atoms. The lowest BCUT2D eigenvalue weighted by Gasteiger charge is -2.15. The normalized spacial score (nSPS) is 18.1. The van der Waals surface area contributed by atoms with Crippen molar-refractivity contribution in [2.45, 2.75) is 42.8 Å². The third-order valence-electron chi connectivity index (χ3n) is 4.77. The molecule has 2 unspecified atom stereocenters. The molecule has 0 aliphatic carbocycles. The van der Waals surface area contributed by atoms with Crippen molar-refractivity contribution >= 4 is 28.6 Å². The number of benzene rings is 1. The van der Waals surface area contributed by atoms with Gasteiger partial charge in [0.2, 0.25) is 0 Å². The van der Waals surface area contributed by atoms with Crippen LogP contribution in [-0.2, 0) is 20.8 Å². The summed E-state index contributed by atoms with van der Waals surface area (Å²) in [6.07, 6.45) is 4.18. The number of esters is 1. The van der Waals surface area contributed by atoms with Crippen LogP contribution in [0, 0.1) is 0 Å². The Morgan fingerprint density at radius 1 is 1.44 bits per heavy atom. The van der Waals surface area contributed by atoms with Gasteiger partial charge >= 0.3 is 5.97 Å². The van der Waals surface area contributed by atoms with Gasteiger partial charge in [-0.15, -0.1) is 10.2 Å². The SMILES string of the molecule is COC(=O)C(C)Sc1nnc(-c2c[nH]c3ccccc23)n1CC1CCCO1. The van der Waals surface area contributed by atoms with Crippen molar-refractivity contribution in [3.05, 3.63) is 30.5 Å². The molecule has 3 aromatic rings. The molecule has 1 fully saturated rings. The van der Waals surface area contributed by atoms with Crippen LogP contribution in [0.15, 0.2) is 35.6 Å². The minimum Gasteiger partial charge on any atom is -0.468 e. The van der Waals surface area contributed by atoms with Gasteiger partial charge in [-0.1, -0.05) is 30.0 Å². The lowest BCUT2D eigenvalue weighted by molar-refractivity contribution is -0.139. The number of carbonyl (C=O) groups excluding carboxylic acids is 1. The fourth-order valence-corrected chi connectivity index (χ4v) is 4.25. The number of ether oxygens (including phenoxy) is 2. The topological polar surface area (TPSA) is 82.0 Å². The van der Waals surface area contributed by atoms with Gasteiger partial charge in [0.1, 0.15) is 5.25 Å². The van der Waals surface area contributed by atoms with E-state index in [9.17, 15) is 4.79 Å². The van der Waals surface area contributed by atoms with Crippen molar-refractivity contribution in [3.63, 3.8) is 0 Å². The Bertz CT molecular complexity index is 945. The highest BCUT2D eigenvalue weighted by Crippen LogP contribution is 2.32. The molecule has 3 heterocycles. The summed E-state index contributed by atoms with van der Waals surface area (Å²) < 4.78 is 12.7. The number of rotatable bonds is 6. The largest absolute Gasteiger partial charge is 0.468 e. The van der Waals surface area contributed by atoms with Crippen LogP contribution in [0.5, 0.6) is 0 Å². The molecule has 0 radical (unpaired) electrons.